The molecule has 4 atom stereocenters. The largest absolute Gasteiger partial charge is 0.393 e. The lowest BCUT2D eigenvalue weighted by molar-refractivity contribution is -0.168. The molecule has 0 saturated carbocycles. The van der Waals surface area contributed by atoms with Crippen molar-refractivity contribution in [3.8, 4) is 0 Å². The monoisotopic (exact) mass is 238 g/mol. The predicted octanol–water partition coefficient (Wildman–Crippen LogP) is 1.14. The zero-order valence-corrected chi connectivity index (χ0v) is 9.17. The van der Waals surface area contributed by atoms with Crippen LogP contribution < -0.4 is 0 Å². The average Bonchev–Trinajstić information content (AvgIpc) is 2.31. The molecule has 4 heteroatoms. The molecule has 1 rings (SSSR count). The van der Waals surface area contributed by atoms with Gasteiger partial charge in [-0.1, -0.05) is 22.9 Å². The third-order valence-electron chi connectivity index (χ3n) is 2.41. The molecule has 1 unspecified atom stereocenters. The fraction of sp³-hybridized carbons (Fsp3) is 1.00. The van der Waals surface area contributed by atoms with Gasteiger partial charge in [-0.15, -0.1) is 0 Å². The fourth-order valence-corrected chi connectivity index (χ4v) is 2.02. The first-order chi connectivity index (χ1) is 5.55. The minimum atomic E-state index is -0.514. The van der Waals surface area contributed by atoms with Gasteiger partial charge < -0.3 is 14.6 Å². The van der Waals surface area contributed by atoms with Gasteiger partial charge in [0.05, 0.1) is 11.4 Å². The van der Waals surface area contributed by atoms with E-state index in [1.165, 1.54) is 0 Å². The maximum Gasteiger partial charge on any atom is 0.161 e. The van der Waals surface area contributed by atoms with Gasteiger partial charge >= 0.3 is 0 Å². The second-order valence-corrected chi connectivity index (χ2v) is 4.44. The van der Waals surface area contributed by atoms with E-state index >= 15 is 0 Å². The molecule has 1 aliphatic heterocycles. The third-order valence-corrected chi connectivity index (χ3v) is 4.21. The molecule has 0 radical (unpaired) electrons. The number of rotatable bonds is 2. The van der Waals surface area contributed by atoms with E-state index < -0.39 is 5.60 Å². The maximum atomic E-state index is 9.12. The summed E-state index contributed by atoms with van der Waals surface area (Å²) in [4.78, 5) is 0.139. The molecule has 0 aliphatic carbocycles. The topological polar surface area (TPSA) is 38.7 Å². The van der Waals surface area contributed by atoms with Crippen molar-refractivity contribution in [2.45, 2.75) is 30.6 Å². The molecular formula is C8H15BrO3. The minimum Gasteiger partial charge on any atom is -0.393 e. The zero-order valence-electron chi connectivity index (χ0n) is 7.58. The van der Waals surface area contributed by atoms with Crippen LogP contribution in [0.3, 0.4) is 0 Å². The van der Waals surface area contributed by atoms with Crippen molar-refractivity contribution in [3.05, 3.63) is 0 Å². The number of hydrogen-bond acceptors (Lipinski definition) is 3. The van der Waals surface area contributed by atoms with Gasteiger partial charge in [-0.3, -0.25) is 0 Å². The summed E-state index contributed by atoms with van der Waals surface area (Å²) in [6, 6.07) is 0. The molecule has 0 aromatic carbocycles. The number of aliphatic hydroxyl groups excluding tert-OH is 1. The second kappa shape index (κ2) is 3.62. The van der Waals surface area contributed by atoms with E-state index in [0.29, 0.717) is 0 Å². The molecule has 1 aliphatic rings. The van der Waals surface area contributed by atoms with Crippen LogP contribution in [0.1, 0.15) is 13.8 Å². The molecule has 1 saturated heterocycles. The van der Waals surface area contributed by atoms with Crippen LogP contribution in [0.2, 0.25) is 0 Å². The summed E-state index contributed by atoms with van der Waals surface area (Å²) in [5.74, 6) is 0.257. The quantitative estimate of drug-likeness (QED) is 0.734. The summed E-state index contributed by atoms with van der Waals surface area (Å²) in [6.07, 6.45) is -0.216. The number of hydrogen-bond donors (Lipinski definition) is 1. The first-order valence-corrected chi connectivity index (χ1v) is 4.92. The molecule has 72 valence electrons. The molecule has 0 amide bonds. The van der Waals surface area contributed by atoms with Gasteiger partial charge in [0.2, 0.25) is 0 Å². The Labute approximate surface area is 81.2 Å². The van der Waals surface area contributed by atoms with E-state index in [4.69, 9.17) is 14.6 Å². The lowest BCUT2D eigenvalue weighted by atomic mass is 9.97. The highest BCUT2D eigenvalue weighted by Crippen LogP contribution is 2.39. The molecule has 0 aromatic rings. The van der Waals surface area contributed by atoms with Gasteiger partial charge in [0.15, 0.2) is 6.29 Å². The Hall–Kier alpha value is 0.360. The summed E-state index contributed by atoms with van der Waals surface area (Å²) in [6.45, 7) is 3.92. The van der Waals surface area contributed by atoms with Crippen LogP contribution in [0.25, 0.3) is 0 Å². The van der Waals surface area contributed by atoms with Crippen molar-refractivity contribution in [2.24, 2.45) is 5.92 Å². The molecule has 1 heterocycles. The Morgan fingerprint density at radius 2 is 2.25 bits per heavy atom. The number of aliphatic hydroxyl groups is 1. The van der Waals surface area contributed by atoms with Crippen molar-refractivity contribution < 1.29 is 14.6 Å². The van der Waals surface area contributed by atoms with Crippen molar-refractivity contribution in [3.63, 3.8) is 0 Å². The first-order valence-electron chi connectivity index (χ1n) is 4.00. The van der Waals surface area contributed by atoms with Crippen LogP contribution in [0, 0.1) is 5.92 Å². The van der Waals surface area contributed by atoms with E-state index in [1.807, 2.05) is 13.8 Å². The van der Waals surface area contributed by atoms with Crippen LogP contribution in [-0.2, 0) is 9.47 Å². The normalized spacial score (nSPS) is 48.2. The second-order valence-electron chi connectivity index (χ2n) is 3.45. The lowest BCUT2D eigenvalue weighted by Crippen LogP contribution is -2.37. The third kappa shape index (κ3) is 1.53. The van der Waals surface area contributed by atoms with Crippen LogP contribution in [-0.4, -0.2) is 35.5 Å². The van der Waals surface area contributed by atoms with E-state index in [-0.39, 0.29) is 23.6 Å². The van der Waals surface area contributed by atoms with Gasteiger partial charge in [0.1, 0.15) is 5.60 Å². The summed E-state index contributed by atoms with van der Waals surface area (Å²) in [7, 11) is 1.62. The van der Waals surface area contributed by atoms with Crippen LogP contribution in [0.15, 0.2) is 0 Å². The Balaban J connectivity index is 2.72. The van der Waals surface area contributed by atoms with Gasteiger partial charge in [0.25, 0.3) is 0 Å². The highest BCUT2D eigenvalue weighted by atomic mass is 79.9. The Morgan fingerprint density at radius 1 is 1.67 bits per heavy atom. The van der Waals surface area contributed by atoms with Crippen molar-refractivity contribution in [1.29, 1.82) is 0 Å². The van der Waals surface area contributed by atoms with Crippen LogP contribution >= 0.6 is 15.9 Å². The summed E-state index contributed by atoms with van der Waals surface area (Å²) in [5, 5.41) is 9.12. The molecule has 1 fully saturated rings. The van der Waals surface area contributed by atoms with Crippen molar-refractivity contribution in [1.82, 2.24) is 0 Å². The van der Waals surface area contributed by atoms with Gasteiger partial charge in [-0.25, -0.2) is 0 Å². The number of halogens is 1. The molecule has 1 N–H and O–H groups in total. The predicted molar refractivity (Wildman–Crippen MR) is 49.3 cm³/mol. The van der Waals surface area contributed by atoms with Gasteiger partial charge in [-0.2, -0.15) is 0 Å². The smallest absolute Gasteiger partial charge is 0.161 e. The van der Waals surface area contributed by atoms with E-state index in [1.54, 1.807) is 7.11 Å². The standard InChI is InChI=1S/C8H15BrO3/c1-5-6(9)8(2,4-10)12-7(5)11-3/h5-7,10H,4H2,1-3H3/t5-,6-,7?,8+/m1/s1. The Morgan fingerprint density at radius 3 is 2.50 bits per heavy atom. The zero-order chi connectivity index (χ0) is 9.35. The fourth-order valence-electron chi connectivity index (χ4n) is 1.52. The molecule has 0 spiro atoms. The Kier molecular flexibility index (Phi) is 3.15. The molecule has 12 heavy (non-hydrogen) atoms. The lowest BCUT2D eigenvalue weighted by Gasteiger charge is -2.24. The van der Waals surface area contributed by atoms with E-state index in [9.17, 15) is 0 Å². The van der Waals surface area contributed by atoms with E-state index in [2.05, 4.69) is 15.9 Å². The first kappa shape index (κ1) is 10.4. The molecule has 0 aromatic heterocycles. The van der Waals surface area contributed by atoms with Crippen molar-refractivity contribution >= 4 is 15.9 Å². The molecule has 3 nitrogen and oxygen atoms in total. The average molecular weight is 239 g/mol. The summed E-state index contributed by atoms with van der Waals surface area (Å²) < 4.78 is 10.7. The molecular weight excluding hydrogens is 224 g/mol. The maximum absolute atomic E-state index is 9.12. The van der Waals surface area contributed by atoms with Gasteiger partial charge in [0, 0.05) is 13.0 Å². The van der Waals surface area contributed by atoms with Crippen LogP contribution in [0.4, 0.5) is 0 Å². The highest BCUT2D eigenvalue weighted by Gasteiger charge is 2.48. The van der Waals surface area contributed by atoms with Gasteiger partial charge in [-0.05, 0) is 6.92 Å². The number of alkyl halides is 1. The highest BCUT2D eigenvalue weighted by molar-refractivity contribution is 9.09. The summed E-state index contributed by atoms with van der Waals surface area (Å²) in [5.41, 5.74) is -0.514. The SMILES string of the molecule is COC1O[C@@](C)(CO)[C@H](Br)[C@H]1C. The minimum absolute atomic E-state index is 0.00706. The van der Waals surface area contributed by atoms with Crippen LogP contribution in [0.5, 0.6) is 0 Å². The van der Waals surface area contributed by atoms with E-state index in [0.717, 1.165) is 0 Å². The summed E-state index contributed by atoms with van der Waals surface area (Å²) >= 11 is 3.50. The number of methoxy groups -OCH3 is 1. The molecule has 0 bridgehead atoms. The van der Waals surface area contributed by atoms with Crippen molar-refractivity contribution in [2.75, 3.05) is 13.7 Å². The number of ether oxygens (including phenoxy) is 2. The Bertz CT molecular complexity index is 164.